The standard InChI is InChI=1S/C14H27N3O3.ClH/c1-9(2)13(17-12(18)8-20-3)14(19)16-11-6-4-10(15)5-7-11;/h9-11,13H,4-8,15H2,1-3H3,(H,16,19)(H,17,18);1H/t10?,11?,13-;/m0./s1. The van der Waals surface area contributed by atoms with Crippen molar-refractivity contribution < 1.29 is 14.3 Å². The van der Waals surface area contributed by atoms with Gasteiger partial charge in [0, 0.05) is 19.2 Å². The summed E-state index contributed by atoms with van der Waals surface area (Å²) in [6.45, 7) is 3.79. The molecule has 0 aromatic heterocycles. The van der Waals surface area contributed by atoms with E-state index in [0.717, 1.165) is 25.7 Å². The highest BCUT2D eigenvalue weighted by atomic mass is 35.5. The first-order chi connectivity index (χ1) is 9.43. The molecule has 7 heteroatoms. The smallest absolute Gasteiger partial charge is 0.246 e. The lowest BCUT2D eigenvalue weighted by atomic mass is 9.91. The number of methoxy groups -OCH3 is 1. The summed E-state index contributed by atoms with van der Waals surface area (Å²) in [5.41, 5.74) is 5.85. The predicted molar refractivity (Wildman–Crippen MR) is 84.3 cm³/mol. The van der Waals surface area contributed by atoms with Gasteiger partial charge < -0.3 is 21.1 Å². The van der Waals surface area contributed by atoms with Gasteiger partial charge in [-0.05, 0) is 31.6 Å². The number of carbonyl (C=O) groups is 2. The molecule has 1 aliphatic rings. The van der Waals surface area contributed by atoms with E-state index >= 15 is 0 Å². The van der Waals surface area contributed by atoms with E-state index in [1.54, 1.807) is 0 Å². The van der Waals surface area contributed by atoms with E-state index in [0.29, 0.717) is 0 Å². The summed E-state index contributed by atoms with van der Waals surface area (Å²) in [5, 5.41) is 5.73. The van der Waals surface area contributed by atoms with Gasteiger partial charge in [-0.1, -0.05) is 13.8 Å². The van der Waals surface area contributed by atoms with E-state index in [9.17, 15) is 9.59 Å². The van der Waals surface area contributed by atoms with Crippen LogP contribution in [0.3, 0.4) is 0 Å². The summed E-state index contributed by atoms with van der Waals surface area (Å²) >= 11 is 0. The van der Waals surface area contributed by atoms with Crippen LogP contribution >= 0.6 is 12.4 Å². The first kappa shape index (κ1) is 20.1. The molecule has 0 radical (unpaired) electrons. The molecule has 1 atom stereocenters. The van der Waals surface area contributed by atoms with Crippen LogP contribution in [0.4, 0.5) is 0 Å². The van der Waals surface area contributed by atoms with Crippen LogP contribution in [0.15, 0.2) is 0 Å². The quantitative estimate of drug-likeness (QED) is 0.667. The monoisotopic (exact) mass is 321 g/mol. The minimum Gasteiger partial charge on any atom is -0.375 e. The molecule has 0 aliphatic heterocycles. The maximum Gasteiger partial charge on any atom is 0.246 e. The topological polar surface area (TPSA) is 93.4 Å². The Morgan fingerprint density at radius 3 is 2.29 bits per heavy atom. The van der Waals surface area contributed by atoms with Crippen LogP contribution in [0.1, 0.15) is 39.5 Å². The van der Waals surface area contributed by atoms with Crippen molar-refractivity contribution in [3.8, 4) is 0 Å². The molecule has 0 unspecified atom stereocenters. The van der Waals surface area contributed by atoms with Crippen LogP contribution in [-0.2, 0) is 14.3 Å². The summed E-state index contributed by atoms with van der Waals surface area (Å²) in [6, 6.07) is -0.0958. The molecule has 0 bridgehead atoms. The lowest BCUT2D eigenvalue weighted by Gasteiger charge is -2.29. The lowest BCUT2D eigenvalue weighted by molar-refractivity contribution is -0.132. The normalized spacial score (nSPS) is 23.1. The number of halogens is 1. The van der Waals surface area contributed by atoms with Gasteiger partial charge in [-0.15, -0.1) is 12.4 Å². The second-order valence-electron chi connectivity index (χ2n) is 5.84. The number of hydrogen-bond donors (Lipinski definition) is 3. The number of ether oxygens (including phenoxy) is 1. The van der Waals surface area contributed by atoms with Crippen molar-refractivity contribution in [1.82, 2.24) is 10.6 Å². The zero-order chi connectivity index (χ0) is 15.1. The summed E-state index contributed by atoms with van der Waals surface area (Å²) in [7, 11) is 1.45. The molecule has 4 N–H and O–H groups in total. The number of hydrogen-bond acceptors (Lipinski definition) is 4. The second kappa shape index (κ2) is 9.97. The average molecular weight is 322 g/mol. The van der Waals surface area contributed by atoms with Gasteiger partial charge in [0.15, 0.2) is 0 Å². The van der Waals surface area contributed by atoms with Crippen LogP contribution < -0.4 is 16.4 Å². The molecule has 1 saturated carbocycles. The van der Waals surface area contributed by atoms with E-state index in [1.165, 1.54) is 7.11 Å². The highest BCUT2D eigenvalue weighted by Gasteiger charge is 2.27. The van der Waals surface area contributed by atoms with E-state index < -0.39 is 6.04 Å². The Labute approximate surface area is 133 Å². The minimum atomic E-state index is -0.520. The first-order valence-corrected chi connectivity index (χ1v) is 7.28. The van der Waals surface area contributed by atoms with E-state index in [2.05, 4.69) is 10.6 Å². The van der Waals surface area contributed by atoms with Crippen molar-refractivity contribution in [3.63, 3.8) is 0 Å². The molecule has 1 rings (SSSR count). The van der Waals surface area contributed by atoms with E-state index in [4.69, 9.17) is 10.5 Å². The van der Waals surface area contributed by atoms with Crippen molar-refractivity contribution in [3.05, 3.63) is 0 Å². The summed E-state index contributed by atoms with van der Waals surface area (Å²) in [4.78, 5) is 23.8. The SMILES string of the molecule is COCC(=O)N[C@H](C(=O)NC1CCC(N)CC1)C(C)C.Cl. The first-order valence-electron chi connectivity index (χ1n) is 7.28. The van der Waals surface area contributed by atoms with Crippen molar-refractivity contribution >= 4 is 24.2 Å². The van der Waals surface area contributed by atoms with Gasteiger partial charge in [0.2, 0.25) is 11.8 Å². The molecule has 1 fully saturated rings. The van der Waals surface area contributed by atoms with Gasteiger partial charge in [0.05, 0.1) is 0 Å². The molecule has 21 heavy (non-hydrogen) atoms. The Hall–Kier alpha value is -0.850. The molecule has 0 aromatic rings. The third kappa shape index (κ3) is 7.11. The second-order valence-corrected chi connectivity index (χ2v) is 5.84. The third-order valence-electron chi connectivity index (χ3n) is 3.66. The summed E-state index contributed by atoms with van der Waals surface area (Å²) in [6.07, 6.45) is 3.69. The van der Waals surface area contributed by atoms with Gasteiger partial charge in [-0.2, -0.15) is 0 Å². The number of nitrogens with two attached hydrogens (primary N) is 1. The van der Waals surface area contributed by atoms with E-state index in [-0.39, 0.29) is 48.8 Å². The molecular weight excluding hydrogens is 294 g/mol. The summed E-state index contributed by atoms with van der Waals surface area (Å²) in [5.74, 6) is -0.362. The Morgan fingerprint density at radius 2 is 1.81 bits per heavy atom. The molecule has 1 aliphatic carbocycles. The molecule has 0 heterocycles. The minimum absolute atomic E-state index is 0. The van der Waals surface area contributed by atoms with Gasteiger partial charge in [-0.3, -0.25) is 9.59 Å². The molecule has 0 saturated heterocycles. The zero-order valence-corrected chi connectivity index (χ0v) is 13.9. The molecule has 6 nitrogen and oxygen atoms in total. The molecular formula is C14H28ClN3O3. The Morgan fingerprint density at radius 1 is 1.24 bits per heavy atom. The van der Waals surface area contributed by atoms with Crippen molar-refractivity contribution in [2.45, 2.75) is 57.7 Å². The highest BCUT2D eigenvalue weighted by molar-refractivity contribution is 5.88. The lowest BCUT2D eigenvalue weighted by Crippen LogP contribution is -2.53. The van der Waals surface area contributed by atoms with Crippen molar-refractivity contribution in [2.75, 3.05) is 13.7 Å². The Balaban J connectivity index is 0.00000400. The Bertz CT molecular complexity index is 331. The molecule has 2 amide bonds. The molecule has 0 aromatic carbocycles. The Kier molecular flexibility index (Phi) is 9.57. The summed E-state index contributed by atoms with van der Waals surface area (Å²) < 4.78 is 4.77. The van der Waals surface area contributed by atoms with Crippen LogP contribution in [0.25, 0.3) is 0 Å². The maximum absolute atomic E-state index is 12.3. The number of nitrogens with one attached hydrogen (secondary N) is 2. The van der Waals surface area contributed by atoms with E-state index in [1.807, 2.05) is 13.8 Å². The fourth-order valence-corrected chi connectivity index (χ4v) is 2.44. The fraction of sp³-hybridized carbons (Fsp3) is 0.857. The van der Waals surface area contributed by atoms with Gasteiger partial charge in [0.1, 0.15) is 12.6 Å². The predicted octanol–water partition coefficient (Wildman–Crippen LogP) is 0.582. The third-order valence-corrected chi connectivity index (χ3v) is 3.66. The van der Waals surface area contributed by atoms with Gasteiger partial charge in [-0.25, -0.2) is 0 Å². The zero-order valence-electron chi connectivity index (χ0n) is 13.1. The van der Waals surface area contributed by atoms with Crippen LogP contribution in [0, 0.1) is 5.92 Å². The largest absolute Gasteiger partial charge is 0.375 e. The van der Waals surface area contributed by atoms with Crippen LogP contribution in [-0.4, -0.2) is 43.7 Å². The number of carbonyl (C=O) groups excluding carboxylic acids is 2. The maximum atomic E-state index is 12.3. The van der Waals surface area contributed by atoms with Crippen molar-refractivity contribution in [1.29, 1.82) is 0 Å². The van der Waals surface area contributed by atoms with Gasteiger partial charge >= 0.3 is 0 Å². The van der Waals surface area contributed by atoms with Crippen molar-refractivity contribution in [2.24, 2.45) is 11.7 Å². The van der Waals surface area contributed by atoms with Gasteiger partial charge in [0.25, 0.3) is 0 Å². The number of amides is 2. The molecule has 0 spiro atoms. The molecule has 124 valence electrons. The highest BCUT2D eigenvalue weighted by Crippen LogP contribution is 2.17. The fourth-order valence-electron chi connectivity index (χ4n) is 2.44. The average Bonchev–Trinajstić information content (AvgIpc) is 2.38. The van der Waals surface area contributed by atoms with Crippen LogP contribution in [0.5, 0.6) is 0 Å². The number of rotatable bonds is 6. The van der Waals surface area contributed by atoms with Crippen LogP contribution in [0.2, 0.25) is 0 Å².